The van der Waals surface area contributed by atoms with Crippen LogP contribution >= 0.6 is 15.9 Å². The molecule has 1 unspecified atom stereocenters. The van der Waals surface area contributed by atoms with Gasteiger partial charge in [0.15, 0.2) is 0 Å². The minimum absolute atomic E-state index is 0.114. The zero-order valence-electron chi connectivity index (χ0n) is 10.8. The van der Waals surface area contributed by atoms with Crippen molar-refractivity contribution < 1.29 is 13.2 Å². The van der Waals surface area contributed by atoms with Crippen LogP contribution in [0.2, 0.25) is 0 Å². The molecule has 106 valence electrons. The third-order valence-electron chi connectivity index (χ3n) is 3.18. The van der Waals surface area contributed by atoms with Gasteiger partial charge in [0.05, 0.1) is 4.47 Å². The minimum Gasteiger partial charge on any atom is -0.324 e. The topological polar surface area (TPSA) is 26.0 Å². The van der Waals surface area contributed by atoms with E-state index in [2.05, 4.69) is 15.9 Å². The van der Waals surface area contributed by atoms with Gasteiger partial charge in [-0.25, -0.2) is 13.2 Å². The van der Waals surface area contributed by atoms with Crippen LogP contribution in [0.4, 0.5) is 13.2 Å². The van der Waals surface area contributed by atoms with Gasteiger partial charge < -0.3 is 5.73 Å². The largest absolute Gasteiger partial charge is 0.324 e. The molecule has 0 spiro atoms. The molecule has 0 amide bonds. The molecule has 2 aromatic rings. The van der Waals surface area contributed by atoms with Crippen molar-refractivity contribution in [1.82, 2.24) is 0 Å². The van der Waals surface area contributed by atoms with Gasteiger partial charge in [-0.05, 0) is 47.0 Å². The predicted octanol–water partition coefficient (Wildman–Crippen LogP) is 4.42. The Morgan fingerprint density at radius 1 is 1.10 bits per heavy atom. The summed E-state index contributed by atoms with van der Waals surface area (Å²) in [5.74, 6) is -1.82. The Morgan fingerprint density at radius 3 is 2.50 bits per heavy atom. The molecule has 20 heavy (non-hydrogen) atoms. The first-order valence-electron chi connectivity index (χ1n) is 6.04. The van der Waals surface area contributed by atoms with E-state index in [1.807, 2.05) is 0 Å². The van der Waals surface area contributed by atoms with E-state index in [9.17, 15) is 13.2 Å². The lowest BCUT2D eigenvalue weighted by Crippen LogP contribution is -2.17. The van der Waals surface area contributed by atoms with E-state index >= 15 is 0 Å². The van der Waals surface area contributed by atoms with Gasteiger partial charge in [-0.3, -0.25) is 0 Å². The van der Waals surface area contributed by atoms with Crippen LogP contribution in [0.15, 0.2) is 34.8 Å². The van der Waals surface area contributed by atoms with Gasteiger partial charge in [0.25, 0.3) is 0 Å². The monoisotopic (exact) mass is 343 g/mol. The highest BCUT2D eigenvalue weighted by Crippen LogP contribution is 2.27. The molecule has 0 aliphatic heterocycles. The first kappa shape index (κ1) is 15.1. The Kier molecular flexibility index (Phi) is 4.50. The first-order valence-corrected chi connectivity index (χ1v) is 6.84. The molecule has 2 rings (SSSR count). The lowest BCUT2D eigenvalue weighted by atomic mass is 9.97. The average molecular weight is 344 g/mol. The summed E-state index contributed by atoms with van der Waals surface area (Å²) in [7, 11) is 0. The Morgan fingerprint density at radius 2 is 1.80 bits per heavy atom. The van der Waals surface area contributed by atoms with E-state index in [4.69, 9.17) is 5.73 Å². The molecule has 0 heterocycles. The third kappa shape index (κ3) is 2.88. The summed E-state index contributed by atoms with van der Waals surface area (Å²) in [4.78, 5) is 0. The summed E-state index contributed by atoms with van der Waals surface area (Å²) in [6, 6.07) is 6.44. The number of aryl methyl sites for hydroxylation is 1. The maximum Gasteiger partial charge on any atom is 0.143 e. The molecule has 5 heteroatoms. The number of hydrogen-bond donors (Lipinski definition) is 1. The van der Waals surface area contributed by atoms with Crippen LogP contribution in [0.1, 0.15) is 22.7 Å². The quantitative estimate of drug-likeness (QED) is 0.820. The van der Waals surface area contributed by atoms with Gasteiger partial charge in [0.1, 0.15) is 17.5 Å². The highest BCUT2D eigenvalue weighted by molar-refractivity contribution is 9.10. The second kappa shape index (κ2) is 5.97. The molecular formula is C15H13BrF3N. The number of rotatable bonds is 3. The molecule has 0 fully saturated rings. The fraction of sp³-hybridized carbons (Fsp3) is 0.200. The maximum atomic E-state index is 14.0. The van der Waals surface area contributed by atoms with Crippen molar-refractivity contribution in [3.05, 3.63) is 68.9 Å². The second-order valence-electron chi connectivity index (χ2n) is 4.61. The van der Waals surface area contributed by atoms with Crippen molar-refractivity contribution in [2.24, 2.45) is 5.73 Å². The van der Waals surface area contributed by atoms with Crippen molar-refractivity contribution in [3.8, 4) is 0 Å². The zero-order valence-corrected chi connectivity index (χ0v) is 12.3. The van der Waals surface area contributed by atoms with E-state index < -0.39 is 23.5 Å². The summed E-state index contributed by atoms with van der Waals surface area (Å²) in [6.07, 6.45) is -0.114. The minimum atomic E-state index is -0.812. The normalized spacial score (nSPS) is 12.5. The standard InChI is InChI=1S/C15H13BrF3N/c1-8-3-2-4-9(14(8)18)13(20)7-10-12(17)6-5-11(16)15(10)19/h2-6,13H,7,20H2,1H3. The summed E-state index contributed by atoms with van der Waals surface area (Å²) in [5, 5.41) is 0. The van der Waals surface area contributed by atoms with Crippen molar-refractivity contribution in [2.45, 2.75) is 19.4 Å². The third-order valence-corrected chi connectivity index (χ3v) is 3.80. The summed E-state index contributed by atoms with van der Waals surface area (Å²) < 4.78 is 41.7. The van der Waals surface area contributed by atoms with Crippen molar-refractivity contribution in [1.29, 1.82) is 0 Å². The van der Waals surface area contributed by atoms with Crippen LogP contribution in [0, 0.1) is 24.4 Å². The molecule has 2 aromatic carbocycles. The summed E-state index contributed by atoms with van der Waals surface area (Å²) >= 11 is 3.00. The fourth-order valence-electron chi connectivity index (χ4n) is 2.04. The van der Waals surface area contributed by atoms with Gasteiger partial charge >= 0.3 is 0 Å². The van der Waals surface area contributed by atoms with Gasteiger partial charge in [-0.15, -0.1) is 0 Å². The average Bonchev–Trinajstić information content (AvgIpc) is 2.42. The Hall–Kier alpha value is -1.33. The van der Waals surface area contributed by atoms with Gasteiger partial charge in [-0.1, -0.05) is 18.2 Å². The van der Waals surface area contributed by atoms with Crippen LogP contribution in [-0.2, 0) is 6.42 Å². The van der Waals surface area contributed by atoms with Gasteiger partial charge in [0.2, 0.25) is 0 Å². The number of benzene rings is 2. The fourth-order valence-corrected chi connectivity index (χ4v) is 2.41. The molecule has 0 bridgehead atoms. The van der Waals surface area contributed by atoms with E-state index in [-0.39, 0.29) is 22.0 Å². The molecular weight excluding hydrogens is 331 g/mol. The van der Waals surface area contributed by atoms with Crippen molar-refractivity contribution >= 4 is 15.9 Å². The molecule has 0 radical (unpaired) electrons. The van der Waals surface area contributed by atoms with E-state index in [1.165, 1.54) is 12.1 Å². The first-order chi connectivity index (χ1) is 9.41. The molecule has 0 saturated carbocycles. The highest BCUT2D eigenvalue weighted by atomic mass is 79.9. The smallest absolute Gasteiger partial charge is 0.143 e. The molecule has 1 nitrogen and oxygen atoms in total. The summed E-state index contributed by atoms with van der Waals surface area (Å²) in [6.45, 7) is 1.62. The Bertz CT molecular complexity index is 643. The van der Waals surface area contributed by atoms with Gasteiger partial charge in [-0.2, -0.15) is 0 Å². The molecule has 2 N–H and O–H groups in total. The van der Waals surface area contributed by atoms with E-state index in [1.54, 1.807) is 19.1 Å². The van der Waals surface area contributed by atoms with Crippen LogP contribution < -0.4 is 5.73 Å². The van der Waals surface area contributed by atoms with E-state index in [0.717, 1.165) is 6.07 Å². The predicted molar refractivity (Wildman–Crippen MR) is 75.8 cm³/mol. The van der Waals surface area contributed by atoms with Crippen LogP contribution in [0.5, 0.6) is 0 Å². The van der Waals surface area contributed by atoms with Crippen molar-refractivity contribution in [2.75, 3.05) is 0 Å². The van der Waals surface area contributed by atoms with Gasteiger partial charge in [0, 0.05) is 17.2 Å². The van der Waals surface area contributed by atoms with Crippen LogP contribution in [-0.4, -0.2) is 0 Å². The lowest BCUT2D eigenvalue weighted by molar-refractivity contribution is 0.524. The summed E-state index contributed by atoms with van der Waals surface area (Å²) in [5.41, 5.74) is 6.46. The highest BCUT2D eigenvalue weighted by Gasteiger charge is 2.19. The second-order valence-corrected chi connectivity index (χ2v) is 5.46. The Labute approximate surface area is 123 Å². The molecule has 0 saturated heterocycles. The van der Waals surface area contributed by atoms with Crippen LogP contribution in [0.25, 0.3) is 0 Å². The molecule has 0 aliphatic rings. The van der Waals surface area contributed by atoms with E-state index in [0.29, 0.717) is 5.56 Å². The maximum absolute atomic E-state index is 14.0. The van der Waals surface area contributed by atoms with Crippen molar-refractivity contribution in [3.63, 3.8) is 0 Å². The SMILES string of the molecule is Cc1cccc(C(N)Cc2c(F)ccc(Br)c2F)c1F. The molecule has 1 atom stereocenters. The Balaban J connectivity index is 2.35. The zero-order chi connectivity index (χ0) is 14.9. The number of hydrogen-bond acceptors (Lipinski definition) is 1. The van der Waals surface area contributed by atoms with Crippen LogP contribution in [0.3, 0.4) is 0 Å². The molecule has 0 aromatic heterocycles. The lowest BCUT2D eigenvalue weighted by Gasteiger charge is -2.15. The molecule has 0 aliphatic carbocycles. The number of halogens is 4. The number of nitrogens with two attached hydrogens (primary N) is 1.